The molecule has 2 unspecified atom stereocenters. The molecule has 5 heteroatoms. The number of methoxy groups -OCH3 is 1. The number of hydrogen-bond acceptors (Lipinski definition) is 3. The molecule has 0 aliphatic heterocycles. The van der Waals surface area contributed by atoms with Gasteiger partial charge in [0.25, 0.3) is 0 Å². The Hall–Kier alpha value is -1.10. The zero-order valence-electron chi connectivity index (χ0n) is 11.8. The van der Waals surface area contributed by atoms with Gasteiger partial charge in [0, 0.05) is 26.1 Å². The number of rotatable bonds is 6. The molecule has 4 nitrogen and oxygen atoms in total. The number of amides is 1. The lowest BCUT2D eigenvalue weighted by Crippen LogP contribution is -2.34. The maximum atomic E-state index is 11.8. The van der Waals surface area contributed by atoms with Crippen molar-refractivity contribution in [2.24, 2.45) is 5.73 Å². The summed E-state index contributed by atoms with van der Waals surface area (Å²) in [6, 6.07) is 8.47. The van der Waals surface area contributed by atoms with Gasteiger partial charge in [0.15, 0.2) is 0 Å². The van der Waals surface area contributed by atoms with Crippen molar-refractivity contribution in [1.29, 1.82) is 0 Å². The van der Waals surface area contributed by atoms with Crippen LogP contribution in [0.3, 0.4) is 0 Å². The van der Waals surface area contributed by atoms with E-state index in [-0.39, 0.29) is 24.4 Å². The Bertz CT molecular complexity index is 436. The van der Waals surface area contributed by atoms with Gasteiger partial charge in [-0.15, -0.1) is 12.4 Å². The quantitative estimate of drug-likeness (QED) is 0.839. The van der Waals surface area contributed by atoms with Gasteiger partial charge in [0.2, 0.25) is 5.91 Å². The number of hydrogen-bond donors (Lipinski definition) is 2. The number of benzene rings is 1. The Morgan fingerprint density at radius 3 is 2.95 bits per heavy atom. The van der Waals surface area contributed by atoms with Crippen molar-refractivity contribution in [3.05, 3.63) is 35.4 Å². The maximum Gasteiger partial charge on any atom is 0.222 e. The Labute approximate surface area is 126 Å². The van der Waals surface area contributed by atoms with Crippen LogP contribution in [0.4, 0.5) is 0 Å². The third-order valence-corrected chi connectivity index (χ3v) is 3.81. The Kier molecular flexibility index (Phi) is 6.99. The molecule has 2 rings (SSSR count). The summed E-state index contributed by atoms with van der Waals surface area (Å²) in [5.74, 6) is 0.459. The predicted octanol–water partition coefficient (Wildman–Crippen LogP) is 1.62. The van der Waals surface area contributed by atoms with Gasteiger partial charge in [-0.2, -0.15) is 0 Å². The fraction of sp³-hybridized carbons (Fsp3) is 0.533. The number of carbonyl (C=O) groups is 1. The third kappa shape index (κ3) is 4.20. The number of nitrogens with one attached hydrogen (secondary N) is 1. The van der Waals surface area contributed by atoms with E-state index >= 15 is 0 Å². The van der Waals surface area contributed by atoms with E-state index in [1.54, 1.807) is 7.11 Å². The number of aryl methyl sites for hydroxylation is 1. The van der Waals surface area contributed by atoms with Crippen LogP contribution in [0.25, 0.3) is 0 Å². The summed E-state index contributed by atoms with van der Waals surface area (Å²) in [4.78, 5) is 11.8. The molecule has 1 aromatic rings. The van der Waals surface area contributed by atoms with E-state index in [1.165, 1.54) is 11.1 Å². The highest BCUT2D eigenvalue weighted by Gasteiger charge is 2.22. The molecule has 0 fully saturated rings. The van der Waals surface area contributed by atoms with Crippen LogP contribution in [0.1, 0.15) is 29.9 Å². The second-order valence-corrected chi connectivity index (χ2v) is 5.04. The zero-order chi connectivity index (χ0) is 13.7. The Morgan fingerprint density at radius 2 is 2.25 bits per heavy atom. The first kappa shape index (κ1) is 17.0. The van der Waals surface area contributed by atoms with E-state index in [0.29, 0.717) is 25.4 Å². The summed E-state index contributed by atoms with van der Waals surface area (Å²) < 4.78 is 5.11. The Morgan fingerprint density at radius 1 is 1.50 bits per heavy atom. The van der Waals surface area contributed by atoms with Crippen LogP contribution in [-0.2, 0) is 16.0 Å². The molecular weight excluding hydrogens is 276 g/mol. The molecule has 0 saturated heterocycles. The number of ether oxygens (including phenoxy) is 1. The van der Waals surface area contributed by atoms with Crippen LogP contribution in [0.15, 0.2) is 24.3 Å². The van der Waals surface area contributed by atoms with Crippen LogP contribution in [-0.4, -0.2) is 32.2 Å². The van der Waals surface area contributed by atoms with Crippen LogP contribution >= 0.6 is 12.4 Å². The fourth-order valence-corrected chi connectivity index (χ4v) is 2.64. The van der Waals surface area contributed by atoms with E-state index in [2.05, 4.69) is 29.6 Å². The minimum absolute atomic E-state index is 0. The second-order valence-electron chi connectivity index (χ2n) is 5.04. The minimum atomic E-state index is -0.184. The van der Waals surface area contributed by atoms with Crippen molar-refractivity contribution < 1.29 is 9.53 Å². The third-order valence-electron chi connectivity index (χ3n) is 3.81. The van der Waals surface area contributed by atoms with E-state index in [0.717, 1.165) is 12.8 Å². The first-order valence-corrected chi connectivity index (χ1v) is 6.82. The molecule has 0 spiro atoms. The second kappa shape index (κ2) is 8.25. The van der Waals surface area contributed by atoms with Crippen molar-refractivity contribution in [2.75, 3.05) is 20.2 Å². The molecule has 1 aromatic carbocycles. The lowest BCUT2D eigenvalue weighted by atomic mass is 10.0. The first-order valence-electron chi connectivity index (χ1n) is 6.82. The smallest absolute Gasteiger partial charge is 0.222 e. The van der Waals surface area contributed by atoms with Gasteiger partial charge < -0.3 is 15.8 Å². The van der Waals surface area contributed by atoms with Crippen molar-refractivity contribution in [1.82, 2.24) is 5.32 Å². The van der Waals surface area contributed by atoms with Crippen LogP contribution < -0.4 is 11.1 Å². The fourth-order valence-electron chi connectivity index (χ4n) is 2.64. The Balaban J connectivity index is 0.00000200. The van der Waals surface area contributed by atoms with Crippen molar-refractivity contribution in [3.8, 4) is 0 Å². The van der Waals surface area contributed by atoms with Crippen molar-refractivity contribution in [3.63, 3.8) is 0 Å². The minimum Gasteiger partial charge on any atom is -0.380 e. The highest BCUT2D eigenvalue weighted by molar-refractivity contribution is 5.85. The molecule has 1 aliphatic carbocycles. The summed E-state index contributed by atoms with van der Waals surface area (Å²) in [6.07, 6.45) is 2.38. The van der Waals surface area contributed by atoms with E-state index in [4.69, 9.17) is 10.5 Å². The molecule has 20 heavy (non-hydrogen) atoms. The average molecular weight is 299 g/mol. The van der Waals surface area contributed by atoms with Gasteiger partial charge in [-0.1, -0.05) is 24.3 Å². The van der Waals surface area contributed by atoms with Gasteiger partial charge in [-0.25, -0.2) is 0 Å². The monoisotopic (exact) mass is 298 g/mol. The van der Waals surface area contributed by atoms with Crippen LogP contribution in [0.2, 0.25) is 0 Å². The largest absolute Gasteiger partial charge is 0.380 e. The van der Waals surface area contributed by atoms with Gasteiger partial charge in [0.1, 0.15) is 0 Å². The molecule has 1 amide bonds. The number of halogens is 1. The summed E-state index contributed by atoms with van der Waals surface area (Å²) in [5.41, 5.74) is 8.30. The van der Waals surface area contributed by atoms with Gasteiger partial charge >= 0.3 is 0 Å². The SMILES string of the molecule is COC(CN)CC(=O)NCC1CCc2ccccc21.Cl. The number of carbonyl (C=O) groups excluding carboxylic acids is 1. The molecular formula is C15H23ClN2O2. The van der Waals surface area contributed by atoms with Crippen LogP contribution in [0.5, 0.6) is 0 Å². The molecule has 1 aliphatic rings. The standard InChI is InChI=1S/C15H22N2O2.ClH/c1-19-13(9-16)8-15(18)17-10-12-7-6-11-4-2-3-5-14(11)12;/h2-5,12-13H,6-10,16H2,1H3,(H,17,18);1H. The summed E-state index contributed by atoms with van der Waals surface area (Å²) >= 11 is 0. The maximum absolute atomic E-state index is 11.8. The molecule has 0 aromatic heterocycles. The normalized spacial score (nSPS) is 18.0. The van der Waals surface area contributed by atoms with Crippen LogP contribution in [0, 0.1) is 0 Å². The van der Waals surface area contributed by atoms with Gasteiger partial charge in [-0.05, 0) is 24.0 Å². The van der Waals surface area contributed by atoms with E-state index in [9.17, 15) is 4.79 Å². The average Bonchev–Trinajstić information content (AvgIpc) is 2.86. The van der Waals surface area contributed by atoms with Crippen molar-refractivity contribution in [2.45, 2.75) is 31.3 Å². The lowest BCUT2D eigenvalue weighted by molar-refractivity contribution is -0.123. The zero-order valence-corrected chi connectivity index (χ0v) is 12.6. The van der Waals surface area contributed by atoms with Gasteiger partial charge in [0.05, 0.1) is 12.5 Å². The predicted molar refractivity (Wildman–Crippen MR) is 82.2 cm³/mol. The molecule has 0 saturated carbocycles. The van der Waals surface area contributed by atoms with E-state index in [1.807, 2.05) is 0 Å². The summed E-state index contributed by atoms with van der Waals surface area (Å²) in [5, 5.41) is 2.99. The molecule has 0 bridgehead atoms. The molecule has 112 valence electrons. The van der Waals surface area contributed by atoms with Crippen molar-refractivity contribution >= 4 is 18.3 Å². The highest BCUT2D eigenvalue weighted by Crippen LogP contribution is 2.32. The molecule has 0 heterocycles. The molecule has 0 radical (unpaired) electrons. The highest BCUT2D eigenvalue weighted by atomic mass is 35.5. The number of nitrogens with two attached hydrogens (primary N) is 1. The lowest BCUT2D eigenvalue weighted by Gasteiger charge is -2.15. The van der Waals surface area contributed by atoms with Gasteiger partial charge in [-0.3, -0.25) is 4.79 Å². The summed E-state index contributed by atoms with van der Waals surface area (Å²) in [6.45, 7) is 1.08. The first-order chi connectivity index (χ1) is 9.24. The topological polar surface area (TPSA) is 64.3 Å². The number of fused-ring (bicyclic) bond motifs is 1. The molecule has 3 N–H and O–H groups in total. The summed E-state index contributed by atoms with van der Waals surface area (Å²) in [7, 11) is 1.58. The van der Waals surface area contributed by atoms with E-state index < -0.39 is 0 Å². The molecule has 2 atom stereocenters.